The molecule has 1 fully saturated rings. The second kappa shape index (κ2) is 9.95. The van der Waals surface area contributed by atoms with Gasteiger partial charge in [0.25, 0.3) is 0 Å². The summed E-state index contributed by atoms with van der Waals surface area (Å²) < 4.78 is 10.9. The number of carbonyl (C=O) groups excluding carboxylic acids is 1. The van der Waals surface area contributed by atoms with Crippen LogP contribution in [0.2, 0.25) is 5.02 Å². The molecule has 2 aromatic rings. The van der Waals surface area contributed by atoms with Crippen LogP contribution in [-0.2, 0) is 9.53 Å². The summed E-state index contributed by atoms with van der Waals surface area (Å²) in [6, 6.07) is 14.7. The van der Waals surface area contributed by atoms with Gasteiger partial charge in [0.1, 0.15) is 11.9 Å². The lowest BCUT2D eigenvalue weighted by Crippen LogP contribution is -2.38. The summed E-state index contributed by atoms with van der Waals surface area (Å²) in [5, 5.41) is 3.68. The third kappa shape index (κ3) is 5.14. The first kappa shape index (κ1) is 21.5. The number of benzene rings is 2. The third-order valence-electron chi connectivity index (χ3n) is 4.61. The average Bonchev–Trinajstić information content (AvgIpc) is 3.16. The van der Waals surface area contributed by atoms with Crippen LogP contribution in [0.3, 0.4) is 0 Å². The van der Waals surface area contributed by atoms with Gasteiger partial charge >= 0.3 is 0 Å². The second-order valence-electron chi connectivity index (χ2n) is 6.30. The van der Waals surface area contributed by atoms with Crippen LogP contribution in [0.5, 0.6) is 5.75 Å². The highest BCUT2D eigenvalue weighted by molar-refractivity contribution is 6.31. The Labute approximate surface area is 170 Å². The maximum atomic E-state index is 12.8. The van der Waals surface area contributed by atoms with Crippen LogP contribution in [0.15, 0.2) is 48.5 Å². The number of methoxy groups -OCH3 is 1. The fraction of sp³-hybridized carbons (Fsp3) is 0.350. The van der Waals surface area contributed by atoms with E-state index in [1.165, 1.54) is 0 Å². The van der Waals surface area contributed by atoms with Crippen molar-refractivity contribution in [1.82, 2.24) is 5.32 Å². The first-order valence-corrected chi connectivity index (χ1v) is 9.04. The van der Waals surface area contributed by atoms with Crippen molar-refractivity contribution in [2.24, 2.45) is 5.73 Å². The minimum atomic E-state index is -0.480. The number of hydrogen-bond acceptors (Lipinski definition) is 4. The molecule has 0 aromatic heterocycles. The molecule has 27 heavy (non-hydrogen) atoms. The quantitative estimate of drug-likeness (QED) is 0.764. The van der Waals surface area contributed by atoms with E-state index in [1.807, 2.05) is 48.5 Å². The zero-order valence-corrected chi connectivity index (χ0v) is 16.6. The Balaban J connectivity index is 0.00000261. The van der Waals surface area contributed by atoms with Gasteiger partial charge in [-0.2, -0.15) is 0 Å². The van der Waals surface area contributed by atoms with Gasteiger partial charge in [0.2, 0.25) is 5.91 Å². The van der Waals surface area contributed by atoms with E-state index in [0.29, 0.717) is 18.0 Å². The Morgan fingerprint density at radius 2 is 1.96 bits per heavy atom. The van der Waals surface area contributed by atoms with E-state index in [-0.39, 0.29) is 30.5 Å². The summed E-state index contributed by atoms with van der Waals surface area (Å²) in [7, 11) is 1.62. The van der Waals surface area contributed by atoms with Gasteiger partial charge in [-0.25, -0.2) is 0 Å². The van der Waals surface area contributed by atoms with Gasteiger partial charge in [0.15, 0.2) is 0 Å². The molecule has 2 aromatic carbocycles. The fourth-order valence-corrected chi connectivity index (χ4v) is 3.40. The first-order chi connectivity index (χ1) is 12.6. The lowest BCUT2D eigenvalue weighted by atomic mass is 9.98. The normalized spacial score (nSPS) is 19.8. The lowest BCUT2D eigenvalue weighted by molar-refractivity contribution is -0.132. The summed E-state index contributed by atoms with van der Waals surface area (Å²) >= 11 is 6.39. The third-order valence-corrected chi connectivity index (χ3v) is 4.96. The van der Waals surface area contributed by atoms with E-state index in [4.69, 9.17) is 26.8 Å². The van der Waals surface area contributed by atoms with Crippen LogP contribution in [0, 0.1) is 0 Å². The highest BCUT2D eigenvalue weighted by atomic mass is 35.5. The van der Waals surface area contributed by atoms with E-state index < -0.39 is 6.10 Å². The number of rotatable bonds is 6. The lowest BCUT2D eigenvalue weighted by Gasteiger charge is -2.23. The van der Waals surface area contributed by atoms with Gasteiger partial charge in [-0.1, -0.05) is 41.9 Å². The zero-order valence-electron chi connectivity index (χ0n) is 15.1. The zero-order chi connectivity index (χ0) is 18.5. The Bertz CT molecular complexity index is 755. The van der Waals surface area contributed by atoms with Crippen molar-refractivity contribution in [3.05, 3.63) is 64.7 Å². The van der Waals surface area contributed by atoms with Gasteiger partial charge in [-0.05, 0) is 42.2 Å². The molecular weight excluding hydrogens is 387 g/mol. The van der Waals surface area contributed by atoms with Crippen LogP contribution in [0.1, 0.15) is 30.0 Å². The molecule has 146 valence electrons. The van der Waals surface area contributed by atoms with Gasteiger partial charge in [-0.3, -0.25) is 4.79 Å². The molecule has 1 aliphatic heterocycles. The molecule has 7 heteroatoms. The van der Waals surface area contributed by atoms with E-state index >= 15 is 0 Å². The molecular formula is C20H24Cl2N2O3. The molecule has 1 amide bonds. The molecule has 3 rings (SSSR count). The molecule has 3 atom stereocenters. The average molecular weight is 411 g/mol. The Kier molecular flexibility index (Phi) is 7.92. The SMILES string of the molecule is COc1ccc(C(NC(=O)[C@@H]2CC[C@H](CN)O2)c2ccccc2Cl)cc1.Cl. The Hall–Kier alpha value is -1.79. The number of nitrogens with one attached hydrogen (secondary N) is 1. The number of ether oxygens (including phenoxy) is 2. The summed E-state index contributed by atoms with van der Waals surface area (Å²) in [5.74, 6) is 0.601. The number of amides is 1. The van der Waals surface area contributed by atoms with Crippen molar-refractivity contribution in [2.75, 3.05) is 13.7 Å². The van der Waals surface area contributed by atoms with Crippen molar-refractivity contribution in [3.8, 4) is 5.75 Å². The highest BCUT2D eigenvalue weighted by Gasteiger charge is 2.31. The minimum absolute atomic E-state index is 0. The molecule has 1 unspecified atom stereocenters. The first-order valence-electron chi connectivity index (χ1n) is 8.66. The monoisotopic (exact) mass is 410 g/mol. The molecule has 0 saturated carbocycles. The molecule has 0 aliphatic carbocycles. The summed E-state index contributed by atoms with van der Waals surface area (Å²) in [4.78, 5) is 12.8. The number of hydrogen-bond donors (Lipinski definition) is 2. The summed E-state index contributed by atoms with van der Waals surface area (Å²) in [5.41, 5.74) is 7.39. The van der Waals surface area contributed by atoms with Crippen LogP contribution in [0.25, 0.3) is 0 Å². The maximum Gasteiger partial charge on any atom is 0.249 e. The van der Waals surface area contributed by atoms with Gasteiger partial charge in [-0.15, -0.1) is 12.4 Å². The van der Waals surface area contributed by atoms with Crippen molar-refractivity contribution in [2.45, 2.75) is 31.1 Å². The van der Waals surface area contributed by atoms with Crippen LogP contribution in [-0.4, -0.2) is 31.8 Å². The summed E-state index contributed by atoms with van der Waals surface area (Å²) in [6.07, 6.45) is 0.941. The van der Waals surface area contributed by atoms with Gasteiger partial charge < -0.3 is 20.5 Å². The molecule has 5 nitrogen and oxygen atoms in total. The predicted octanol–water partition coefficient (Wildman–Crippen LogP) is 3.48. The molecule has 0 bridgehead atoms. The van der Waals surface area contributed by atoms with E-state index in [2.05, 4.69) is 5.32 Å². The predicted molar refractivity (Wildman–Crippen MR) is 109 cm³/mol. The van der Waals surface area contributed by atoms with Crippen LogP contribution < -0.4 is 15.8 Å². The van der Waals surface area contributed by atoms with E-state index in [9.17, 15) is 4.79 Å². The molecule has 1 heterocycles. The van der Waals surface area contributed by atoms with E-state index in [0.717, 1.165) is 23.3 Å². The second-order valence-corrected chi connectivity index (χ2v) is 6.70. The summed E-state index contributed by atoms with van der Waals surface area (Å²) in [6.45, 7) is 0.427. The van der Waals surface area contributed by atoms with Crippen molar-refractivity contribution in [3.63, 3.8) is 0 Å². The minimum Gasteiger partial charge on any atom is -0.497 e. The van der Waals surface area contributed by atoms with Gasteiger partial charge in [0, 0.05) is 11.6 Å². The van der Waals surface area contributed by atoms with Crippen LogP contribution in [0.4, 0.5) is 0 Å². The molecule has 3 N–H and O–H groups in total. The fourth-order valence-electron chi connectivity index (χ4n) is 3.15. The van der Waals surface area contributed by atoms with Crippen molar-refractivity contribution >= 4 is 29.9 Å². The smallest absolute Gasteiger partial charge is 0.249 e. The topological polar surface area (TPSA) is 73.6 Å². The number of nitrogens with two attached hydrogens (primary N) is 1. The molecule has 1 saturated heterocycles. The largest absolute Gasteiger partial charge is 0.497 e. The Morgan fingerprint density at radius 3 is 2.56 bits per heavy atom. The molecule has 0 radical (unpaired) electrons. The maximum absolute atomic E-state index is 12.8. The standard InChI is InChI=1S/C20H23ClN2O3.ClH/c1-25-14-8-6-13(7-9-14)19(16-4-2-3-5-17(16)21)23-20(24)18-11-10-15(12-22)26-18;/h2-9,15,18-19H,10-12,22H2,1H3,(H,23,24);1H/t15-,18+,19?;/m1./s1. The number of carbonyl (C=O) groups is 1. The number of halogens is 2. The van der Waals surface area contributed by atoms with Crippen LogP contribution >= 0.6 is 24.0 Å². The highest BCUT2D eigenvalue weighted by Crippen LogP contribution is 2.30. The Morgan fingerprint density at radius 1 is 1.26 bits per heavy atom. The van der Waals surface area contributed by atoms with Crippen molar-refractivity contribution in [1.29, 1.82) is 0 Å². The van der Waals surface area contributed by atoms with Crippen molar-refractivity contribution < 1.29 is 14.3 Å². The molecule has 1 aliphatic rings. The van der Waals surface area contributed by atoms with E-state index in [1.54, 1.807) is 7.11 Å². The molecule has 0 spiro atoms. The van der Waals surface area contributed by atoms with Gasteiger partial charge in [0.05, 0.1) is 19.3 Å².